The van der Waals surface area contributed by atoms with Gasteiger partial charge >= 0.3 is 0 Å². The monoisotopic (exact) mass is 174 g/mol. The molecule has 2 heteroatoms. The summed E-state index contributed by atoms with van der Waals surface area (Å²) in [6.45, 7) is 2.14. The third kappa shape index (κ3) is 2.39. The van der Waals surface area contributed by atoms with Crippen molar-refractivity contribution in [1.82, 2.24) is 5.32 Å². The molecule has 0 aromatic heterocycles. The van der Waals surface area contributed by atoms with Crippen LogP contribution in [0.4, 0.5) is 0 Å². The first-order valence-electron chi connectivity index (χ1n) is 4.74. The maximum absolute atomic E-state index is 4.51. The van der Waals surface area contributed by atoms with Gasteiger partial charge < -0.3 is 5.32 Å². The smallest absolute Gasteiger partial charge is 0.0636 e. The largest absolute Gasteiger partial charge is 0.315 e. The van der Waals surface area contributed by atoms with E-state index in [4.69, 9.17) is 0 Å². The van der Waals surface area contributed by atoms with Gasteiger partial charge in [0.1, 0.15) is 0 Å². The van der Waals surface area contributed by atoms with Crippen molar-refractivity contribution in [3.63, 3.8) is 0 Å². The number of nitrogens with one attached hydrogen (secondary N) is 1. The fourth-order valence-electron chi connectivity index (χ4n) is 1.50. The van der Waals surface area contributed by atoms with Crippen LogP contribution in [0.15, 0.2) is 35.3 Å². The second-order valence-electron chi connectivity index (χ2n) is 3.34. The molecule has 0 radical (unpaired) electrons. The highest BCUT2D eigenvalue weighted by Crippen LogP contribution is 2.03. The fraction of sp³-hybridized carbons (Fsp3) is 0.364. The molecule has 0 spiro atoms. The van der Waals surface area contributed by atoms with Gasteiger partial charge in [0.15, 0.2) is 0 Å². The number of benzene rings is 1. The third-order valence-electron chi connectivity index (χ3n) is 2.27. The molecule has 0 amide bonds. The van der Waals surface area contributed by atoms with Crippen LogP contribution in [0, 0.1) is 0 Å². The lowest BCUT2D eigenvalue weighted by Gasteiger charge is -1.99. The molecular formula is C11H14N2. The average Bonchev–Trinajstić information content (AvgIpc) is 2.69. The fourth-order valence-corrected chi connectivity index (χ4v) is 1.50. The van der Waals surface area contributed by atoms with E-state index >= 15 is 0 Å². The van der Waals surface area contributed by atoms with Crippen LogP contribution < -0.4 is 5.32 Å². The molecule has 1 aromatic rings. The minimum atomic E-state index is 0.486. The summed E-state index contributed by atoms with van der Waals surface area (Å²) < 4.78 is 0. The maximum atomic E-state index is 4.51. The maximum Gasteiger partial charge on any atom is 0.0636 e. The van der Waals surface area contributed by atoms with Gasteiger partial charge in [-0.2, -0.15) is 0 Å². The lowest BCUT2D eigenvalue weighted by Crippen LogP contribution is -2.11. The van der Waals surface area contributed by atoms with Crippen molar-refractivity contribution in [3.8, 4) is 0 Å². The molecule has 1 atom stereocenters. The summed E-state index contributed by atoms with van der Waals surface area (Å²) in [5.41, 5.74) is 1.19. The summed E-state index contributed by atoms with van der Waals surface area (Å²) in [6, 6.07) is 10.7. The van der Waals surface area contributed by atoms with Crippen molar-refractivity contribution < 1.29 is 0 Å². The molecule has 2 rings (SSSR count). The summed E-state index contributed by atoms with van der Waals surface area (Å²) in [4.78, 5) is 4.51. The SMILES string of the molecule is C(=NC1CCNC1)c1ccccc1. The van der Waals surface area contributed by atoms with Crippen LogP contribution >= 0.6 is 0 Å². The third-order valence-corrected chi connectivity index (χ3v) is 2.27. The summed E-state index contributed by atoms with van der Waals surface area (Å²) in [6.07, 6.45) is 3.14. The molecule has 1 aliphatic heterocycles. The Morgan fingerprint density at radius 3 is 2.85 bits per heavy atom. The van der Waals surface area contributed by atoms with Crippen molar-refractivity contribution in [2.45, 2.75) is 12.5 Å². The first kappa shape index (κ1) is 8.45. The molecule has 1 aliphatic rings. The van der Waals surface area contributed by atoms with E-state index in [2.05, 4.69) is 22.4 Å². The summed E-state index contributed by atoms with van der Waals surface area (Å²) in [7, 11) is 0. The minimum Gasteiger partial charge on any atom is -0.315 e. The van der Waals surface area contributed by atoms with Crippen LogP contribution in [0.3, 0.4) is 0 Å². The average molecular weight is 174 g/mol. The molecule has 1 fully saturated rings. The molecule has 13 heavy (non-hydrogen) atoms. The first-order valence-corrected chi connectivity index (χ1v) is 4.74. The molecule has 1 heterocycles. The summed E-state index contributed by atoms with van der Waals surface area (Å²) >= 11 is 0. The molecule has 1 aromatic carbocycles. The van der Waals surface area contributed by atoms with Gasteiger partial charge in [-0.15, -0.1) is 0 Å². The molecule has 1 N–H and O–H groups in total. The van der Waals surface area contributed by atoms with E-state index in [1.165, 1.54) is 12.0 Å². The van der Waals surface area contributed by atoms with E-state index < -0.39 is 0 Å². The van der Waals surface area contributed by atoms with Crippen LogP contribution in [0.25, 0.3) is 0 Å². The summed E-state index contributed by atoms with van der Waals surface area (Å²) in [5.74, 6) is 0. The van der Waals surface area contributed by atoms with Crippen LogP contribution in [0.2, 0.25) is 0 Å². The van der Waals surface area contributed by atoms with Crippen molar-refractivity contribution in [3.05, 3.63) is 35.9 Å². The Morgan fingerprint density at radius 1 is 1.31 bits per heavy atom. The van der Waals surface area contributed by atoms with E-state index in [0.29, 0.717) is 6.04 Å². The number of hydrogen-bond donors (Lipinski definition) is 1. The van der Waals surface area contributed by atoms with E-state index in [1.54, 1.807) is 0 Å². The Balaban J connectivity index is 1.97. The normalized spacial score (nSPS) is 22.6. The highest BCUT2D eigenvalue weighted by Gasteiger charge is 2.10. The molecule has 0 saturated carbocycles. The van der Waals surface area contributed by atoms with Gasteiger partial charge in [-0.05, 0) is 18.5 Å². The van der Waals surface area contributed by atoms with Crippen molar-refractivity contribution >= 4 is 6.21 Å². The van der Waals surface area contributed by atoms with E-state index in [1.807, 2.05) is 24.4 Å². The number of aliphatic imine (C=N–C) groups is 1. The van der Waals surface area contributed by atoms with Gasteiger partial charge in [0, 0.05) is 12.8 Å². The Hall–Kier alpha value is -1.15. The first-order chi connectivity index (χ1) is 6.45. The number of rotatable bonds is 2. The zero-order chi connectivity index (χ0) is 8.93. The summed E-state index contributed by atoms with van der Waals surface area (Å²) in [5, 5.41) is 3.29. The zero-order valence-corrected chi connectivity index (χ0v) is 7.61. The molecule has 1 unspecified atom stereocenters. The van der Waals surface area contributed by atoms with Gasteiger partial charge in [0.2, 0.25) is 0 Å². The Morgan fingerprint density at radius 2 is 2.15 bits per heavy atom. The van der Waals surface area contributed by atoms with Crippen LogP contribution in [-0.2, 0) is 0 Å². The Labute approximate surface area is 78.7 Å². The second kappa shape index (κ2) is 4.19. The topological polar surface area (TPSA) is 24.4 Å². The molecule has 0 aliphatic carbocycles. The predicted octanol–water partition coefficient (Wildman–Crippen LogP) is 1.47. The molecule has 1 saturated heterocycles. The lowest BCUT2D eigenvalue weighted by molar-refractivity contribution is 0.748. The molecule has 68 valence electrons. The zero-order valence-electron chi connectivity index (χ0n) is 7.61. The van der Waals surface area contributed by atoms with Gasteiger partial charge in [0.05, 0.1) is 6.04 Å². The van der Waals surface area contributed by atoms with Crippen LogP contribution in [0.5, 0.6) is 0 Å². The van der Waals surface area contributed by atoms with Crippen LogP contribution in [0.1, 0.15) is 12.0 Å². The van der Waals surface area contributed by atoms with Gasteiger partial charge in [-0.3, -0.25) is 4.99 Å². The minimum absolute atomic E-state index is 0.486. The van der Waals surface area contributed by atoms with E-state index in [9.17, 15) is 0 Å². The molecule has 2 nitrogen and oxygen atoms in total. The van der Waals surface area contributed by atoms with Gasteiger partial charge in [0.25, 0.3) is 0 Å². The van der Waals surface area contributed by atoms with Gasteiger partial charge in [-0.1, -0.05) is 30.3 Å². The highest BCUT2D eigenvalue weighted by atomic mass is 15.0. The number of hydrogen-bond acceptors (Lipinski definition) is 2. The Bertz CT molecular complexity index is 273. The molecule has 0 bridgehead atoms. The van der Waals surface area contributed by atoms with Crippen LogP contribution in [-0.4, -0.2) is 25.3 Å². The lowest BCUT2D eigenvalue weighted by atomic mass is 10.2. The highest BCUT2D eigenvalue weighted by molar-refractivity contribution is 5.79. The van der Waals surface area contributed by atoms with E-state index in [0.717, 1.165) is 13.1 Å². The van der Waals surface area contributed by atoms with E-state index in [-0.39, 0.29) is 0 Å². The number of nitrogens with zero attached hydrogens (tertiary/aromatic N) is 1. The Kier molecular flexibility index (Phi) is 2.72. The van der Waals surface area contributed by atoms with Crippen molar-refractivity contribution in [2.75, 3.05) is 13.1 Å². The quantitative estimate of drug-likeness (QED) is 0.674. The standard InChI is InChI=1S/C11H14N2/c1-2-4-10(5-3-1)8-13-11-6-7-12-9-11/h1-5,8,11-12H,6-7,9H2. The van der Waals surface area contributed by atoms with Crippen molar-refractivity contribution in [2.24, 2.45) is 4.99 Å². The predicted molar refractivity (Wildman–Crippen MR) is 55.3 cm³/mol. The second-order valence-corrected chi connectivity index (χ2v) is 3.34. The molecular weight excluding hydrogens is 160 g/mol. The van der Waals surface area contributed by atoms with Crippen molar-refractivity contribution in [1.29, 1.82) is 0 Å². The van der Waals surface area contributed by atoms with Gasteiger partial charge in [-0.25, -0.2) is 0 Å².